The maximum absolute atomic E-state index is 12.7. The Morgan fingerprint density at radius 3 is 2.64 bits per heavy atom. The van der Waals surface area contributed by atoms with Gasteiger partial charge in [0.25, 0.3) is 5.91 Å². The summed E-state index contributed by atoms with van der Waals surface area (Å²) in [7, 11) is 4.74. The van der Waals surface area contributed by atoms with Crippen LogP contribution in [0.3, 0.4) is 0 Å². The first-order valence-electron chi connectivity index (χ1n) is 9.27. The lowest BCUT2D eigenvalue weighted by Gasteiger charge is -2.33. The molecule has 0 N–H and O–H groups in total. The second-order valence-corrected chi connectivity index (χ2v) is 6.75. The van der Waals surface area contributed by atoms with Gasteiger partial charge in [0.2, 0.25) is 0 Å². The smallest absolute Gasteiger partial charge is 0.342 e. The second kappa shape index (κ2) is 8.78. The number of likely N-dealkylation sites (N-methyl/N-ethyl adjacent to an activating group) is 1. The molecule has 0 bridgehead atoms. The minimum atomic E-state index is -0.624. The minimum Gasteiger partial charge on any atom is -0.497 e. The standard InChI is InChI=1S/C22H25NO5/c1-23(19-10-6-8-15-7-4-5-9-17(15)19)21(24)14-28-22(25)18-13-16(26-2)11-12-20(18)27-3/h4-5,7,9,11-13,19H,6,8,10,14H2,1-3H3. The summed E-state index contributed by atoms with van der Waals surface area (Å²) in [4.78, 5) is 26.8. The molecule has 0 aromatic heterocycles. The molecule has 1 atom stereocenters. The minimum absolute atomic E-state index is 0.00232. The van der Waals surface area contributed by atoms with Crippen molar-refractivity contribution in [3.63, 3.8) is 0 Å². The molecule has 28 heavy (non-hydrogen) atoms. The largest absolute Gasteiger partial charge is 0.497 e. The van der Waals surface area contributed by atoms with E-state index in [9.17, 15) is 9.59 Å². The Balaban J connectivity index is 1.67. The van der Waals surface area contributed by atoms with Gasteiger partial charge in [-0.15, -0.1) is 0 Å². The molecule has 6 heteroatoms. The highest BCUT2D eigenvalue weighted by atomic mass is 16.5. The van der Waals surface area contributed by atoms with E-state index in [0.29, 0.717) is 11.5 Å². The van der Waals surface area contributed by atoms with Crippen molar-refractivity contribution in [2.24, 2.45) is 0 Å². The number of fused-ring (bicyclic) bond motifs is 1. The van der Waals surface area contributed by atoms with Gasteiger partial charge >= 0.3 is 5.97 Å². The summed E-state index contributed by atoms with van der Waals surface area (Å²) in [5, 5.41) is 0. The average molecular weight is 383 g/mol. The number of carbonyl (C=O) groups excluding carboxylic acids is 2. The van der Waals surface area contributed by atoms with E-state index in [-0.39, 0.29) is 24.1 Å². The zero-order valence-corrected chi connectivity index (χ0v) is 16.4. The lowest BCUT2D eigenvalue weighted by Crippen LogP contribution is -2.36. The molecule has 0 aliphatic heterocycles. The number of amides is 1. The van der Waals surface area contributed by atoms with Gasteiger partial charge < -0.3 is 19.1 Å². The molecule has 1 aliphatic carbocycles. The molecule has 0 radical (unpaired) electrons. The molecule has 3 rings (SSSR count). The molecule has 6 nitrogen and oxygen atoms in total. The van der Waals surface area contributed by atoms with Crippen molar-refractivity contribution >= 4 is 11.9 Å². The molecule has 1 amide bonds. The fraction of sp³-hybridized carbons (Fsp3) is 0.364. The molecule has 148 valence electrons. The van der Waals surface area contributed by atoms with E-state index in [0.717, 1.165) is 19.3 Å². The lowest BCUT2D eigenvalue weighted by molar-refractivity contribution is -0.135. The summed E-state index contributed by atoms with van der Waals surface area (Å²) >= 11 is 0. The average Bonchev–Trinajstić information content (AvgIpc) is 2.75. The molecule has 2 aromatic rings. The van der Waals surface area contributed by atoms with E-state index in [4.69, 9.17) is 14.2 Å². The number of rotatable bonds is 6. The number of benzene rings is 2. The monoisotopic (exact) mass is 383 g/mol. The van der Waals surface area contributed by atoms with Crippen molar-refractivity contribution in [3.8, 4) is 11.5 Å². The predicted molar refractivity (Wildman–Crippen MR) is 105 cm³/mol. The Morgan fingerprint density at radius 1 is 1.11 bits per heavy atom. The third kappa shape index (κ3) is 4.11. The molecule has 0 heterocycles. The van der Waals surface area contributed by atoms with Gasteiger partial charge in [-0.1, -0.05) is 24.3 Å². The summed E-state index contributed by atoms with van der Waals surface area (Å²) < 4.78 is 15.6. The molecular weight excluding hydrogens is 358 g/mol. The van der Waals surface area contributed by atoms with Crippen molar-refractivity contribution in [3.05, 3.63) is 59.2 Å². The highest BCUT2D eigenvalue weighted by Crippen LogP contribution is 2.33. The fourth-order valence-electron chi connectivity index (χ4n) is 3.58. The van der Waals surface area contributed by atoms with Crippen LogP contribution in [0.5, 0.6) is 11.5 Å². The van der Waals surface area contributed by atoms with Crippen LogP contribution < -0.4 is 9.47 Å². The molecule has 1 unspecified atom stereocenters. The number of hydrogen-bond donors (Lipinski definition) is 0. The quantitative estimate of drug-likeness (QED) is 0.716. The van der Waals surface area contributed by atoms with E-state index >= 15 is 0 Å². The van der Waals surface area contributed by atoms with Crippen LogP contribution >= 0.6 is 0 Å². The number of esters is 1. The van der Waals surface area contributed by atoms with E-state index in [1.165, 1.54) is 31.4 Å². The van der Waals surface area contributed by atoms with Gasteiger partial charge in [-0.2, -0.15) is 0 Å². The van der Waals surface area contributed by atoms with Crippen LogP contribution in [-0.4, -0.2) is 44.7 Å². The first-order chi connectivity index (χ1) is 13.5. The normalized spacial score (nSPS) is 15.3. The number of nitrogens with zero attached hydrogens (tertiary/aromatic N) is 1. The number of carbonyl (C=O) groups is 2. The van der Waals surface area contributed by atoms with Crippen molar-refractivity contribution in [2.75, 3.05) is 27.9 Å². The first-order valence-corrected chi connectivity index (χ1v) is 9.27. The lowest BCUT2D eigenvalue weighted by atomic mass is 9.87. The SMILES string of the molecule is COc1ccc(OC)c(C(=O)OCC(=O)N(C)C2CCCc3ccccc32)c1. The Bertz CT molecular complexity index is 864. The Morgan fingerprint density at radius 2 is 1.89 bits per heavy atom. The van der Waals surface area contributed by atoms with E-state index in [2.05, 4.69) is 12.1 Å². The Hall–Kier alpha value is -3.02. The topological polar surface area (TPSA) is 65.1 Å². The fourth-order valence-corrected chi connectivity index (χ4v) is 3.58. The van der Waals surface area contributed by atoms with Crippen molar-refractivity contribution in [2.45, 2.75) is 25.3 Å². The summed E-state index contributed by atoms with van der Waals surface area (Å²) in [5.74, 6) is 0.0151. The third-order valence-corrected chi connectivity index (χ3v) is 5.15. The van der Waals surface area contributed by atoms with Crippen LogP contribution in [0.25, 0.3) is 0 Å². The van der Waals surface area contributed by atoms with Crippen LogP contribution in [0.1, 0.15) is 40.4 Å². The van der Waals surface area contributed by atoms with Gasteiger partial charge in [0.1, 0.15) is 17.1 Å². The third-order valence-electron chi connectivity index (χ3n) is 5.15. The molecule has 1 aliphatic rings. The van der Waals surface area contributed by atoms with Gasteiger partial charge in [-0.25, -0.2) is 4.79 Å². The number of hydrogen-bond acceptors (Lipinski definition) is 5. The highest BCUT2D eigenvalue weighted by Gasteiger charge is 2.27. The van der Waals surface area contributed by atoms with Crippen LogP contribution in [0, 0.1) is 0 Å². The predicted octanol–water partition coefficient (Wildman–Crippen LogP) is 3.40. The van der Waals surface area contributed by atoms with Gasteiger partial charge in [0.05, 0.1) is 20.3 Å². The number of aryl methyl sites for hydroxylation is 1. The van der Waals surface area contributed by atoms with E-state index < -0.39 is 5.97 Å². The number of methoxy groups -OCH3 is 2. The molecule has 0 saturated heterocycles. The van der Waals surface area contributed by atoms with Gasteiger partial charge in [0, 0.05) is 7.05 Å². The molecule has 0 spiro atoms. The van der Waals surface area contributed by atoms with Crippen LogP contribution in [0.4, 0.5) is 0 Å². The zero-order valence-electron chi connectivity index (χ0n) is 16.4. The van der Waals surface area contributed by atoms with Gasteiger partial charge in [0.15, 0.2) is 6.61 Å². The Labute approximate surface area is 165 Å². The summed E-state index contributed by atoms with van der Waals surface area (Å²) in [5.41, 5.74) is 2.67. The van der Waals surface area contributed by atoms with Crippen LogP contribution in [-0.2, 0) is 16.0 Å². The summed E-state index contributed by atoms with van der Waals surface area (Å²) in [6.07, 6.45) is 2.95. The molecule has 2 aromatic carbocycles. The second-order valence-electron chi connectivity index (χ2n) is 6.75. The molecule has 0 saturated carbocycles. The molecule has 0 fully saturated rings. The van der Waals surface area contributed by atoms with Crippen molar-refractivity contribution < 1.29 is 23.8 Å². The van der Waals surface area contributed by atoms with Crippen molar-refractivity contribution in [1.82, 2.24) is 4.90 Å². The van der Waals surface area contributed by atoms with E-state index in [1.807, 2.05) is 12.1 Å². The highest BCUT2D eigenvalue weighted by molar-refractivity contribution is 5.94. The van der Waals surface area contributed by atoms with Crippen LogP contribution in [0.2, 0.25) is 0 Å². The van der Waals surface area contributed by atoms with Crippen LogP contribution in [0.15, 0.2) is 42.5 Å². The molecular formula is C22H25NO5. The Kier molecular flexibility index (Phi) is 6.19. The zero-order chi connectivity index (χ0) is 20.1. The maximum atomic E-state index is 12.7. The summed E-state index contributed by atoms with van der Waals surface area (Å²) in [6.45, 7) is -0.325. The van der Waals surface area contributed by atoms with Gasteiger partial charge in [-0.05, 0) is 48.6 Å². The summed E-state index contributed by atoms with van der Waals surface area (Å²) in [6, 6.07) is 13.0. The van der Waals surface area contributed by atoms with Gasteiger partial charge in [-0.3, -0.25) is 4.79 Å². The maximum Gasteiger partial charge on any atom is 0.342 e. The first kappa shape index (κ1) is 19.7. The van der Waals surface area contributed by atoms with Crippen molar-refractivity contribution in [1.29, 1.82) is 0 Å². The number of ether oxygens (including phenoxy) is 3. The van der Waals surface area contributed by atoms with E-state index in [1.54, 1.807) is 24.1 Å².